The number of carbonyl (C=O) groups is 1. The van der Waals surface area contributed by atoms with Gasteiger partial charge in [-0.05, 0) is 31.0 Å². The van der Waals surface area contributed by atoms with Crippen LogP contribution < -0.4 is 15.1 Å². The highest BCUT2D eigenvalue weighted by Crippen LogP contribution is 2.32. The highest BCUT2D eigenvalue weighted by molar-refractivity contribution is 6.10. The second-order valence-electron chi connectivity index (χ2n) is 6.05. The van der Waals surface area contributed by atoms with Crippen LogP contribution in [0.25, 0.3) is 11.0 Å². The van der Waals surface area contributed by atoms with Crippen molar-refractivity contribution in [3.63, 3.8) is 0 Å². The fourth-order valence-electron chi connectivity index (χ4n) is 2.61. The van der Waals surface area contributed by atoms with E-state index in [1.54, 1.807) is 30.5 Å². The van der Waals surface area contributed by atoms with Crippen molar-refractivity contribution in [3.05, 3.63) is 64.3 Å². The molecule has 0 saturated heterocycles. The fraction of sp³-hybridized carbons (Fsp3) is 0.286. The van der Waals surface area contributed by atoms with Gasteiger partial charge in [-0.1, -0.05) is 13.8 Å². The summed E-state index contributed by atoms with van der Waals surface area (Å²) in [7, 11) is 0. The maximum atomic E-state index is 12.7. The Morgan fingerprint density at radius 2 is 1.89 bits per heavy atom. The van der Waals surface area contributed by atoms with Gasteiger partial charge < -0.3 is 13.9 Å². The minimum Gasteiger partial charge on any atom is -0.493 e. The Morgan fingerprint density at radius 1 is 1.11 bits per heavy atom. The zero-order valence-corrected chi connectivity index (χ0v) is 15.4. The smallest absolute Gasteiger partial charge is 0.347 e. The fourth-order valence-corrected chi connectivity index (χ4v) is 2.61. The number of fused-ring (bicyclic) bond motifs is 1. The van der Waals surface area contributed by atoms with E-state index in [1.165, 1.54) is 12.3 Å². The lowest BCUT2D eigenvalue weighted by molar-refractivity contribution is 0.103. The SMILES string of the molecule is CCCOc1cc(OCCC)c2cc(C(=O)c3cccnc3)c(=O)oc2c1. The highest BCUT2D eigenvalue weighted by atomic mass is 16.5. The summed E-state index contributed by atoms with van der Waals surface area (Å²) in [5.74, 6) is 0.640. The molecular weight excluding hydrogens is 346 g/mol. The number of carbonyl (C=O) groups excluding carboxylic acids is 1. The molecule has 2 heterocycles. The number of rotatable bonds is 8. The van der Waals surface area contributed by atoms with E-state index >= 15 is 0 Å². The maximum Gasteiger partial charge on any atom is 0.347 e. The van der Waals surface area contributed by atoms with E-state index in [2.05, 4.69) is 4.98 Å². The van der Waals surface area contributed by atoms with Crippen molar-refractivity contribution in [1.82, 2.24) is 4.98 Å². The van der Waals surface area contributed by atoms with Crippen LogP contribution in [-0.4, -0.2) is 24.0 Å². The molecule has 0 saturated carbocycles. The molecule has 0 aliphatic rings. The molecule has 0 bridgehead atoms. The molecule has 0 N–H and O–H groups in total. The maximum absolute atomic E-state index is 12.7. The molecule has 6 heteroatoms. The molecule has 0 aliphatic carbocycles. The molecule has 1 aromatic carbocycles. The minimum atomic E-state index is -0.703. The van der Waals surface area contributed by atoms with E-state index in [4.69, 9.17) is 13.9 Å². The molecule has 0 spiro atoms. The van der Waals surface area contributed by atoms with Gasteiger partial charge in [0.2, 0.25) is 5.78 Å². The van der Waals surface area contributed by atoms with Crippen LogP contribution in [0.1, 0.15) is 42.6 Å². The summed E-state index contributed by atoms with van der Waals surface area (Å²) in [6.07, 6.45) is 4.65. The number of hydrogen-bond acceptors (Lipinski definition) is 6. The van der Waals surface area contributed by atoms with Gasteiger partial charge in [-0.2, -0.15) is 0 Å². The zero-order chi connectivity index (χ0) is 19.2. The van der Waals surface area contributed by atoms with E-state index in [1.807, 2.05) is 13.8 Å². The first-order valence-electron chi connectivity index (χ1n) is 8.96. The predicted molar refractivity (Wildman–Crippen MR) is 102 cm³/mol. The molecule has 27 heavy (non-hydrogen) atoms. The van der Waals surface area contributed by atoms with Crippen LogP contribution in [-0.2, 0) is 0 Å². The number of ether oxygens (including phenoxy) is 2. The summed E-state index contributed by atoms with van der Waals surface area (Å²) in [5.41, 5.74) is -0.116. The number of pyridine rings is 1. The van der Waals surface area contributed by atoms with Crippen molar-refractivity contribution in [2.75, 3.05) is 13.2 Å². The first-order valence-corrected chi connectivity index (χ1v) is 8.96. The normalized spacial score (nSPS) is 10.7. The van der Waals surface area contributed by atoms with Crippen molar-refractivity contribution in [3.8, 4) is 11.5 Å². The van der Waals surface area contributed by atoms with Gasteiger partial charge in [-0.3, -0.25) is 9.78 Å². The van der Waals surface area contributed by atoms with E-state index in [0.717, 1.165) is 12.8 Å². The van der Waals surface area contributed by atoms with Crippen LogP contribution in [0.2, 0.25) is 0 Å². The first kappa shape index (κ1) is 18.6. The quantitative estimate of drug-likeness (QED) is 0.442. The molecule has 0 amide bonds. The first-order chi connectivity index (χ1) is 13.1. The highest BCUT2D eigenvalue weighted by Gasteiger charge is 2.18. The molecule has 3 aromatic rings. The van der Waals surface area contributed by atoms with Gasteiger partial charge in [0.05, 0.1) is 18.6 Å². The van der Waals surface area contributed by atoms with Gasteiger partial charge in [-0.15, -0.1) is 0 Å². The largest absolute Gasteiger partial charge is 0.493 e. The van der Waals surface area contributed by atoms with E-state index in [-0.39, 0.29) is 5.56 Å². The standard InChI is InChI=1S/C21H21NO5/c1-3-8-25-15-10-18(26-9-4-2)16-12-17(21(24)27-19(16)11-15)20(23)14-6-5-7-22-13-14/h5-7,10-13H,3-4,8-9H2,1-2H3. The second-order valence-corrected chi connectivity index (χ2v) is 6.05. The Balaban J connectivity index is 2.11. The van der Waals surface area contributed by atoms with Gasteiger partial charge in [0.25, 0.3) is 0 Å². The molecule has 0 atom stereocenters. The topological polar surface area (TPSA) is 78.6 Å². The Kier molecular flexibility index (Phi) is 5.86. The van der Waals surface area contributed by atoms with Gasteiger partial charge in [0.15, 0.2) is 0 Å². The number of ketones is 1. The van der Waals surface area contributed by atoms with Gasteiger partial charge in [-0.25, -0.2) is 4.79 Å². The monoisotopic (exact) mass is 367 g/mol. The lowest BCUT2D eigenvalue weighted by atomic mass is 10.0. The number of nitrogens with zero attached hydrogens (tertiary/aromatic N) is 1. The van der Waals surface area contributed by atoms with Crippen LogP contribution in [0.5, 0.6) is 11.5 Å². The Bertz CT molecular complexity index is 995. The number of benzene rings is 1. The van der Waals surface area contributed by atoms with E-state index in [0.29, 0.717) is 41.2 Å². The lowest BCUT2D eigenvalue weighted by Crippen LogP contribution is -2.15. The Hall–Kier alpha value is -3.15. The summed E-state index contributed by atoms with van der Waals surface area (Å²) in [4.78, 5) is 29.0. The minimum absolute atomic E-state index is 0.0564. The Morgan fingerprint density at radius 3 is 2.59 bits per heavy atom. The molecule has 0 unspecified atom stereocenters. The Labute approximate surface area is 156 Å². The molecule has 2 aromatic heterocycles. The van der Waals surface area contributed by atoms with Crippen molar-refractivity contribution >= 4 is 16.8 Å². The predicted octanol–water partition coefficient (Wildman–Crippen LogP) is 4.00. The number of aromatic nitrogens is 1. The van der Waals surface area contributed by atoms with Crippen molar-refractivity contribution < 1.29 is 18.7 Å². The third-order valence-electron chi connectivity index (χ3n) is 3.89. The molecule has 0 fully saturated rings. The zero-order valence-electron chi connectivity index (χ0n) is 15.4. The third kappa shape index (κ3) is 4.16. The van der Waals surface area contributed by atoms with Gasteiger partial charge in [0, 0.05) is 30.1 Å². The summed E-state index contributed by atoms with van der Waals surface area (Å²) in [5, 5.41) is 0.555. The lowest BCUT2D eigenvalue weighted by Gasteiger charge is -2.12. The average molecular weight is 367 g/mol. The molecule has 6 nitrogen and oxygen atoms in total. The van der Waals surface area contributed by atoms with Gasteiger partial charge >= 0.3 is 5.63 Å². The van der Waals surface area contributed by atoms with Crippen LogP contribution >= 0.6 is 0 Å². The van der Waals surface area contributed by atoms with Gasteiger partial charge in [0.1, 0.15) is 22.6 Å². The van der Waals surface area contributed by atoms with Crippen LogP contribution in [0.15, 0.2) is 51.9 Å². The number of hydrogen-bond donors (Lipinski definition) is 0. The molecule has 0 aliphatic heterocycles. The molecule has 0 radical (unpaired) electrons. The average Bonchev–Trinajstić information content (AvgIpc) is 2.70. The van der Waals surface area contributed by atoms with Crippen LogP contribution in [0, 0.1) is 0 Å². The van der Waals surface area contributed by atoms with E-state index in [9.17, 15) is 9.59 Å². The second kappa shape index (κ2) is 8.49. The van der Waals surface area contributed by atoms with Crippen molar-refractivity contribution in [1.29, 1.82) is 0 Å². The summed E-state index contributed by atoms with van der Waals surface area (Å²) < 4.78 is 16.9. The summed E-state index contributed by atoms with van der Waals surface area (Å²) in [6, 6.07) is 8.17. The molecule has 140 valence electrons. The summed E-state index contributed by atoms with van der Waals surface area (Å²) in [6.45, 7) is 5.04. The van der Waals surface area contributed by atoms with Crippen molar-refractivity contribution in [2.24, 2.45) is 0 Å². The van der Waals surface area contributed by atoms with Crippen LogP contribution in [0.4, 0.5) is 0 Å². The molecular formula is C21H21NO5. The molecule has 3 rings (SSSR count). The van der Waals surface area contributed by atoms with E-state index < -0.39 is 11.4 Å². The summed E-state index contributed by atoms with van der Waals surface area (Å²) >= 11 is 0. The van der Waals surface area contributed by atoms with Crippen LogP contribution in [0.3, 0.4) is 0 Å². The third-order valence-corrected chi connectivity index (χ3v) is 3.89. The van der Waals surface area contributed by atoms with Crippen molar-refractivity contribution in [2.45, 2.75) is 26.7 Å².